The van der Waals surface area contributed by atoms with Crippen molar-refractivity contribution in [1.82, 2.24) is 14.8 Å². The lowest BCUT2D eigenvalue weighted by Gasteiger charge is -2.04. The number of nitrogens with zero attached hydrogens (tertiary/aromatic N) is 4. The summed E-state index contributed by atoms with van der Waals surface area (Å²) in [5.41, 5.74) is 0.133. The van der Waals surface area contributed by atoms with Crippen LogP contribution in [-0.4, -0.2) is 32.8 Å². The van der Waals surface area contributed by atoms with E-state index in [2.05, 4.69) is 14.8 Å². The van der Waals surface area contributed by atoms with Crippen molar-refractivity contribution in [2.45, 2.75) is 10.1 Å². The number of methoxy groups -OCH3 is 1. The number of nitro benzene ring substituents is 1. The van der Waals surface area contributed by atoms with Gasteiger partial charge in [-0.15, -0.1) is 0 Å². The van der Waals surface area contributed by atoms with E-state index in [4.69, 9.17) is 0 Å². The third kappa shape index (κ3) is 2.77. The Kier molecular flexibility index (Phi) is 3.99. The zero-order valence-electron chi connectivity index (χ0n) is 10.6. The lowest BCUT2D eigenvalue weighted by molar-refractivity contribution is -0.387. The largest absolute Gasteiger partial charge is 0.465 e. The number of hydrogen-bond acceptors (Lipinski definition) is 7. The Hall–Kier alpha value is -2.42. The van der Waals surface area contributed by atoms with Gasteiger partial charge in [0, 0.05) is 13.1 Å². The standard InChI is InChI=1S/C11H10N4O4S/c1-14-11(12-6-13-14)20-9-5-7(10(16)19-2)3-4-8(9)15(17)18/h3-6H,1-2H3. The molecule has 0 spiro atoms. The highest BCUT2D eigenvalue weighted by Crippen LogP contribution is 2.34. The van der Waals surface area contributed by atoms with Gasteiger partial charge in [-0.3, -0.25) is 10.1 Å². The highest BCUT2D eigenvalue weighted by molar-refractivity contribution is 7.99. The van der Waals surface area contributed by atoms with Gasteiger partial charge in [0.1, 0.15) is 6.33 Å². The summed E-state index contributed by atoms with van der Waals surface area (Å²) in [6.07, 6.45) is 1.35. The van der Waals surface area contributed by atoms with Gasteiger partial charge < -0.3 is 4.74 Å². The molecule has 0 radical (unpaired) electrons. The molecule has 0 amide bonds. The number of ether oxygens (including phenoxy) is 1. The van der Waals surface area contributed by atoms with E-state index in [0.717, 1.165) is 11.8 Å². The highest BCUT2D eigenvalue weighted by Gasteiger charge is 2.19. The highest BCUT2D eigenvalue weighted by atomic mass is 32.2. The van der Waals surface area contributed by atoms with Crippen molar-refractivity contribution in [2.24, 2.45) is 7.05 Å². The number of esters is 1. The summed E-state index contributed by atoms with van der Waals surface area (Å²) in [7, 11) is 2.92. The summed E-state index contributed by atoms with van der Waals surface area (Å²) < 4.78 is 6.08. The molecule has 0 saturated carbocycles. The summed E-state index contributed by atoms with van der Waals surface area (Å²) in [4.78, 5) is 26.3. The average molecular weight is 294 g/mol. The van der Waals surface area contributed by atoms with E-state index in [-0.39, 0.29) is 11.3 Å². The molecule has 0 aliphatic rings. The number of carbonyl (C=O) groups excluding carboxylic acids is 1. The predicted molar refractivity (Wildman–Crippen MR) is 69.6 cm³/mol. The number of nitro groups is 1. The first-order valence-electron chi connectivity index (χ1n) is 5.41. The van der Waals surface area contributed by atoms with Crippen LogP contribution in [0.25, 0.3) is 0 Å². The Labute approximate surface area is 117 Å². The summed E-state index contributed by atoms with van der Waals surface area (Å²) in [5, 5.41) is 15.4. The molecule has 1 aromatic heterocycles. The van der Waals surface area contributed by atoms with Crippen LogP contribution < -0.4 is 0 Å². The van der Waals surface area contributed by atoms with Crippen molar-refractivity contribution in [3.05, 3.63) is 40.2 Å². The van der Waals surface area contributed by atoms with Crippen molar-refractivity contribution in [1.29, 1.82) is 0 Å². The molecule has 0 bridgehead atoms. The van der Waals surface area contributed by atoms with E-state index in [1.165, 1.54) is 36.3 Å². The Morgan fingerprint density at radius 3 is 2.80 bits per heavy atom. The monoisotopic (exact) mass is 294 g/mol. The smallest absolute Gasteiger partial charge is 0.337 e. The molecule has 8 nitrogen and oxygen atoms in total. The van der Waals surface area contributed by atoms with Gasteiger partial charge in [0.05, 0.1) is 22.5 Å². The number of benzene rings is 1. The van der Waals surface area contributed by atoms with Crippen molar-refractivity contribution in [2.75, 3.05) is 7.11 Å². The van der Waals surface area contributed by atoms with E-state index < -0.39 is 10.9 Å². The van der Waals surface area contributed by atoms with E-state index in [9.17, 15) is 14.9 Å². The van der Waals surface area contributed by atoms with Gasteiger partial charge in [-0.05, 0) is 23.9 Å². The maximum Gasteiger partial charge on any atom is 0.337 e. The third-order valence-electron chi connectivity index (χ3n) is 2.45. The molecule has 0 unspecified atom stereocenters. The van der Waals surface area contributed by atoms with Crippen LogP contribution in [0.5, 0.6) is 0 Å². The van der Waals surface area contributed by atoms with Crippen LogP contribution in [0.3, 0.4) is 0 Å². The lowest BCUT2D eigenvalue weighted by atomic mass is 10.2. The van der Waals surface area contributed by atoms with E-state index >= 15 is 0 Å². The molecule has 0 aliphatic carbocycles. The maximum atomic E-state index is 11.5. The van der Waals surface area contributed by atoms with Crippen molar-refractivity contribution >= 4 is 23.4 Å². The molecule has 1 heterocycles. The van der Waals surface area contributed by atoms with Crippen LogP contribution in [0, 0.1) is 10.1 Å². The molecule has 0 atom stereocenters. The fraction of sp³-hybridized carbons (Fsp3) is 0.182. The molecule has 0 N–H and O–H groups in total. The van der Waals surface area contributed by atoms with Gasteiger partial charge in [-0.2, -0.15) is 5.10 Å². The summed E-state index contributed by atoms with van der Waals surface area (Å²) in [5.74, 6) is -0.556. The number of aryl methyl sites for hydroxylation is 1. The molecule has 9 heteroatoms. The fourth-order valence-corrected chi connectivity index (χ4v) is 2.38. The quantitative estimate of drug-likeness (QED) is 0.480. The molecule has 104 valence electrons. The molecule has 2 aromatic rings. The Morgan fingerprint density at radius 2 is 2.25 bits per heavy atom. The normalized spacial score (nSPS) is 10.3. The average Bonchev–Trinajstić information content (AvgIpc) is 2.83. The van der Waals surface area contributed by atoms with Crippen LogP contribution in [-0.2, 0) is 11.8 Å². The Balaban J connectivity index is 2.44. The SMILES string of the molecule is COC(=O)c1ccc([N+](=O)[O-])c(Sc2ncnn2C)c1. The second-order valence-corrected chi connectivity index (χ2v) is 4.71. The topological polar surface area (TPSA) is 100 Å². The minimum atomic E-state index is -0.556. The van der Waals surface area contributed by atoms with Crippen LogP contribution in [0.15, 0.2) is 34.6 Å². The Morgan fingerprint density at radius 1 is 1.50 bits per heavy atom. The minimum Gasteiger partial charge on any atom is -0.465 e. The molecule has 2 rings (SSSR count). The summed E-state index contributed by atoms with van der Waals surface area (Å²) in [6, 6.07) is 4.03. The molecule has 0 saturated heterocycles. The van der Waals surface area contributed by atoms with Gasteiger partial charge in [-0.1, -0.05) is 0 Å². The number of carbonyl (C=O) groups is 1. The molecular weight excluding hydrogens is 284 g/mol. The molecular formula is C11H10N4O4S. The molecule has 20 heavy (non-hydrogen) atoms. The zero-order valence-corrected chi connectivity index (χ0v) is 11.5. The minimum absolute atomic E-state index is 0.106. The van der Waals surface area contributed by atoms with Gasteiger partial charge in [0.2, 0.25) is 0 Å². The molecule has 0 aliphatic heterocycles. The van der Waals surface area contributed by atoms with Crippen molar-refractivity contribution < 1.29 is 14.5 Å². The second-order valence-electron chi connectivity index (χ2n) is 3.70. The number of aromatic nitrogens is 3. The van der Waals surface area contributed by atoms with Gasteiger partial charge in [0.25, 0.3) is 5.69 Å². The van der Waals surface area contributed by atoms with Gasteiger partial charge in [-0.25, -0.2) is 14.5 Å². The van der Waals surface area contributed by atoms with Crippen LogP contribution in [0.4, 0.5) is 5.69 Å². The van der Waals surface area contributed by atoms with Gasteiger partial charge in [0.15, 0.2) is 5.16 Å². The van der Waals surface area contributed by atoms with E-state index in [1.807, 2.05) is 0 Å². The lowest BCUT2D eigenvalue weighted by Crippen LogP contribution is -2.02. The number of rotatable bonds is 4. The fourth-order valence-electron chi connectivity index (χ4n) is 1.47. The first-order valence-corrected chi connectivity index (χ1v) is 6.23. The third-order valence-corrected chi connectivity index (χ3v) is 3.55. The first-order chi connectivity index (χ1) is 9.52. The molecule has 0 fully saturated rings. The van der Waals surface area contributed by atoms with Crippen molar-refractivity contribution in [3.8, 4) is 0 Å². The van der Waals surface area contributed by atoms with Gasteiger partial charge >= 0.3 is 5.97 Å². The van der Waals surface area contributed by atoms with Crippen LogP contribution in [0.2, 0.25) is 0 Å². The zero-order chi connectivity index (χ0) is 14.7. The summed E-state index contributed by atoms with van der Waals surface area (Å²) >= 11 is 1.06. The van der Waals surface area contributed by atoms with E-state index in [1.54, 1.807) is 7.05 Å². The summed E-state index contributed by atoms with van der Waals surface area (Å²) in [6.45, 7) is 0. The van der Waals surface area contributed by atoms with Crippen LogP contribution >= 0.6 is 11.8 Å². The second kappa shape index (κ2) is 5.70. The van der Waals surface area contributed by atoms with Crippen LogP contribution in [0.1, 0.15) is 10.4 Å². The van der Waals surface area contributed by atoms with Crippen molar-refractivity contribution in [3.63, 3.8) is 0 Å². The predicted octanol–water partition coefficient (Wildman–Crippen LogP) is 1.66. The molecule has 1 aromatic carbocycles. The van der Waals surface area contributed by atoms with E-state index in [0.29, 0.717) is 10.1 Å². The number of hydrogen-bond donors (Lipinski definition) is 0. The first kappa shape index (κ1) is 14.0. The maximum absolute atomic E-state index is 11.5. The Bertz CT molecular complexity index is 670.